The topological polar surface area (TPSA) is 26.3 Å². The first kappa shape index (κ1) is 40.5. The monoisotopic (exact) mass is 579 g/mol. The van der Waals surface area contributed by atoms with Crippen molar-refractivity contribution in [3.8, 4) is 0 Å². The van der Waals surface area contributed by atoms with Crippen LogP contribution in [0.5, 0.6) is 0 Å². The zero-order chi connectivity index (χ0) is 29.9. The van der Waals surface area contributed by atoms with Gasteiger partial charge in [0.2, 0.25) is 0 Å². The Morgan fingerprint density at radius 2 is 0.659 bits per heavy atom. The summed E-state index contributed by atoms with van der Waals surface area (Å²) in [6.07, 6.45) is 44.1. The second kappa shape index (κ2) is 35.7. The van der Waals surface area contributed by atoms with E-state index in [1.165, 1.54) is 199 Å². The number of carbonyl (C=O) groups excluding carboxylic acids is 1. The fourth-order valence-electron chi connectivity index (χ4n) is 6.26. The average Bonchev–Trinajstić information content (AvgIpc) is 2.97. The van der Waals surface area contributed by atoms with Crippen molar-refractivity contribution < 1.29 is 9.53 Å². The van der Waals surface area contributed by atoms with Crippen LogP contribution in [0, 0.1) is 5.92 Å². The quantitative estimate of drug-likeness (QED) is 0.0552. The van der Waals surface area contributed by atoms with Crippen LogP contribution in [0.2, 0.25) is 0 Å². The standard InChI is InChI=1S/C39H78O2/c1-4-7-10-13-16-18-19-20-21-22-23-24-25-27-30-33-36-41-39(40)37-38(34-31-28-15-12-9-6-3)35-32-29-26-17-14-11-8-5-2/h38H,4-37H2,1-3H3. The maximum Gasteiger partial charge on any atom is 0.306 e. The van der Waals surface area contributed by atoms with Crippen molar-refractivity contribution in [2.24, 2.45) is 5.92 Å². The highest BCUT2D eigenvalue weighted by Crippen LogP contribution is 2.23. The lowest BCUT2D eigenvalue weighted by Gasteiger charge is -2.16. The largest absolute Gasteiger partial charge is 0.466 e. The second-order valence-electron chi connectivity index (χ2n) is 13.4. The van der Waals surface area contributed by atoms with Crippen LogP contribution in [-0.4, -0.2) is 12.6 Å². The van der Waals surface area contributed by atoms with E-state index in [0.29, 0.717) is 18.9 Å². The zero-order valence-corrected chi connectivity index (χ0v) is 28.9. The number of carbonyl (C=O) groups is 1. The molecule has 0 radical (unpaired) electrons. The van der Waals surface area contributed by atoms with Gasteiger partial charge in [0.05, 0.1) is 6.61 Å². The first-order valence-electron chi connectivity index (χ1n) is 19.4. The van der Waals surface area contributed by atoms with Gasteiger partial charge in [-0.1, -0.05) is 207 Å². The van der Waals surface area contributed by atoms with Gasteiger partial charge in [-0.25, -0.2) is 0 Å². The Labute approximate surface area is 260 Å². The summed E-state index contributed by atoms with van der Waals surface area (Å²) in [6, 6.07) is 0. The van der Waals surface area contributed by atoms with Crippen molar-refractivity contribution >= 4 is 5.97 Å². The van der Waals surface area contributed by atoms with Crippen LogP contribution in [0.4, 0.5) is 0 Å². The minimum atomic E-state index is 0.0708. The van der Waals surface area contributed by atoms with E-state index < -0.39 is 0 Å². The van der Waals surface area contributed by atoms with Gasteiger partial charge < -0.3 is 4.74 Å². The summed E-state index contributed by atoms with van der Waals surface area (Å²) in [5.41, 5.74) is 0. The fourth-order valence-corrected chi connectivity index (χ4v) is 6.26. The van der Waals surface area contributed by atoms with Gasteiger partial charge in [0.15, 0.2) is 0 Å². The lowest BCUT2D eigenvalue weighted by Crippen LogP contribution is -2.13. The number of ether oxygens (including phenoxy) is 1. The minimum absolute atomic E-state index is 0.0708. The third-order valence-corrected chi connectivity index (χ3v) is 9.15. The summed E-state index contributed by atoms with van der Waals surface area (Å²) in [5.74, 6) is 0.612. The molecular weight excluding hydrogens is 500 g/mol. The van der Waals surface area contributed by atoms with E-state index in [-0.39, 0.29) is 5.97 Å². The molecule has 0 fully saturated rings. The van der Waals surface area contributed by atoms with E-state index in [1.54, 1.807) is 0 Å². The molecule has 0 spiro atoms. The van der Waals surface area contributed by atoms with E-state index in [2.05, 4.69) is 20.8 Å². The van der Waals surface area contributed by atoms with Crippen LogP contribution in [-0.2, 0) is 9.53 Å². The normalized spacial score (nSPS) is 12.2. The van der Waals surface area contributed by atoms with Gasteiger partial charge in [0, 0.05) is 6.42 Å². The molecule has 2 nitrogen and oxygen atoms in total. The predicted octanol–water partition coefficient (Wildman–Crippen LogP) is 14.1. The van der Waals surface area contributed by atoms with Crippen molar-refractivity contribution in [1.29, 1.82) is 0 Å². The summed E-state index contributed by atoms with van der Waals surface area (Å²) in [7, 11) is 0. The molecule has 246 valence electrons. The summed E-state index contributed by atoms with van der Waals surface area (Å²) in [5, 5.41) is 0. The average molecular weight is 579 g/mol. The van der Waals surface area contributed by atoms with E-state index in [9.17, 15) is 4.79 Å². The first-order valence-corrected chi connectivity index (χ1v) is 19.4. The Morgan fingerprint density at radius 3 is 0.976 bits per heavy atom. The van der Waals surface area contributed by atoms with Gasteiger partial charge in [-0.2, -0.15) is 0 Å². The molecule has 0 saturated carbocycles. The molecular formula is C39H78O2. The Morgan fingerprint density at radius 1 is 0.390 bits per heavy atom. The van der Waals surface area contributed by atoms with Gasteiger partial charge in [0.25, 0.3) is 0 Å². The van der Waals surface area contributed by atoms with Crippen LogP contribution in [0.15, 0.2) is 0 Å². The van der Waals surface area contributed by atoms with Crippen molar-refractivity contribution in [3.05, 3.63) is 0 Å². The molecule has 1 unspecified atom stereocenters. The van der Waals surface area contributed by atoms with E-state index in [0.717, 1.165) is 6.42 Å². The molecule has 0 aromatic rings. The van der Waals surface area contributed by atoms with Crippen molar-refractivity contribution in [2.75, 3.05) is 6.61 Å². The molecule has 2 heteroatoms. The molecule has 0 rings (SSSR count). The SMILES string of the molecule is CCCCCCCCCCCCCCCCCCOC(=O)CC(CCCCCCCC)CCCCCCCCCC. The fraction of sp³-hybridized carbons (Fsp3) is 0.974. The molecule has 0 heterocycles. The van der Waals surface area contributed by atoms with Gasteiger partial charge in [-0.3, -0.25) is 4.79 Å². The smallest absolute Gasteiger partial charge is 0.306 e. The maximum atomic E-state index is 12.6. The molecule has 0 saturated heterocycles. The molecule has 1 atom stereocenters. The Hall–Kier alpha value is -0.530. The van der Waals surface area contributed by atoms with Crippen molar-refractivity contribution in [3.63, 3.8) is 0 Å². The Bertz CT molecular complexity index is 488. The number of rotatable bonds is 35. The minimum Gasteiger partial charge on any atom is -0.466 e. The van der Waals surface area contributed by atoms with Gasteiger partial charge in [-0.05, 0) is 25.2 Å². The lowest BCUT2D eigenvalue weighted by atomic mass is 9.91. The molecule has 0 aromatic carbocycles. The third kappa shape index (κ3) is 33.8. The van der Waals surface area contributed by atoms with Crippen LogP contribution in [0.1, 0.15) is 233 Å². The third-order valence-electron chi connectivity index (χ3n) is 9.15. The first-order chi connectivity index (χ1) is 20.2. The second-order valence-corrected chi connectivity index (χ2v) is 13.4. The number of unbranched alkanes of at least 4 members (excludes halogenated alkanes) is 27. The van der Waals surface area contributed by atoms with E-state index in [4.69, 9.17) is 4.74 Å². The van der Waals surface area contributed by atoms with Gasteiger partial charge in [-0.15, -0.1) is 0 Å². The highest BCUT2D eigenvalue weighted by molar-refractivity contribution is 5.69. The number of hydrogen-bond acceptors (Lipinski definition) is 2. The molecule has 0 aromatic heterocycles. The van der Waals surface area contributed by atoms with Crippen LogP contribution >= 0.6 is 0 Å². The van der Waals surface area contributed by atoms with Crippen LogP contribution in [0.3, 0.4) is 0 Å². The summed E-state index contributed by atoms with van der Waals surface area (Å²) < 4.78 is 5.69. The summed E-state index contributed by atoms with van der Waals surface area (Å²) in [6.45, 7) is 7.50. The summed E-state index contributed by atoms with van der Waals surface area (Å²) >= 11 is 0. The molecule has 0 bridgehead atoms. The van der Waals surface area contributed by atoms with E-state index in [1.807, 2.05) is 0 Å². The molecule has 0 N–H and O–H groups in total. The highest BCUT2D eigenvalue weighted by Gasteiger charge is 2.15. The lowest BCUT2D eigenvalue weighted by molar-refractivity contribution is -0.145. The molecule has 0 aliphatic rings. The molecule has 0 aliphatic carbocycles. The molecule has 41 heavy (non-hydrogen) atoms. The maximum absolute atomic E-state index is 12.6. The number of hydrogen-bond donors (Lipinski definition) is 0. The Kier molecular flexibility index (Phi) is 35.2. The summed E-state index contributed by atoms with van der Waals surface area (Å²) in [4.78, 5) is 12.6. The molecule has 0 aliphatic heterocycles. The van der Waals surface area contributed by atoms with Crippen LogP contribution in [0.25, 0.3) is 0 Å². The van der Waals surface area contributed by atoms with Crippen molar-refractivity contribution in [2.45, 2.75) is 233 Å². The van der Waals surface area contributed by atoms with Crippen molar-refractivity contribution in [1.82, 2.24) is 0 Å². The molecule has 0 amide bonds. The number of esters is 1. The zero-order valence-electron chi connectivity index (χ0n) is 28.9. The predicted molar refractivity (Wildman–Crippen MR) is 184 cm³/mol. The highest BCUT2D eigenvalue weighted by atomic mass is 16.5. The Balaban J connectivity index is 3.78. The van der Waals surface area contributed by atoms with Gasteiger partial charge in [0.1, 0.15) is 0 Å². The van der Waals surface area contributed by atoms with Gasteiger partial charge >= 0.3 is 5.97 Å². The van der Waals surface area contributed by atoms with Crippen LogP contribution < -0.4 is 0 Å². The van der Waals surface area contributed by atoms with E-state index >= 15 is 0 Å².